The first-order chi connectivity index (χ1) is 8.45. The molecule has 17 heavy (non-hydrogen) atoms. The van der Waals surface area contributed by atoms with Crippen molar-refractivity contribution in [2.75, 3.05) is 30.3 Å². The standard InChI is InChI=1S/C14H18N2S/c1-3-10-11-9-15-6-5-12(11)16-7-2-8-17-13(4-1)14(10)16/h1,3-4,11-12,15H,2,5-9H2/t11-,12+/m0/s1. The molecule has 3 heterocycles. The summed E-state index contributed by atoms with van der Waals surface area (Å²) in [6.07, 6.45) is 2.64. The van der Waals surface area contributed by atoms with Crippen molar-refractivity contribution in [2.45, 2.75) is 29.7 Å². The Labute approximate surface area is 107 Å². The maximum absolute atomic E-state index is 3.56. The zero-order valence-electron chi connectivity index (χ0n) is 9.98. The van der Waals surface area contributed by atoms with E-state index in [1.54, 1.807) is 11.3 Å². The summed E-state index contributed by atoms with van der Waals surface area (Å²) in [6, 6.07) is 7.69. The largest absolute Gasteiger partial charge is 0.367 e. The molecule has 3 aliphatic heterocycles. The molecule has 3 heteroatoms. The fourth-order valence-electron chi connectivity index (χ4n) is 3.66. The number of nitrogens with zero attached hydrogens (tertiary/aromatic N) is 1. The highest BCUT2D eigenvalue weighted by atomic mass is 32.2. The average Bonchev–Trinajstić information content (AvgIpc) is 2.56. The van der Waals surface area contributed by atoms with Crippen LogP contribution in [0.15, 0.2) is 23.1 Å². The number of para-hydroxylation sites is 1. The summed E-state index contributed by atoms with van der Waals surface area (Å²) < 4.78 is 0. The molecule has 0 amide bonds. The van der Waals surface area contributed by atoms with Gasteiger partial charge in [0.25, 0.3) is 0 Å². The fourth-order valence-corrected chi connectivity index (χ4v) is 4.70. The molecule has 0 radical (unpaired) electrons. The van der Waals surface area contributed by atoms with Gasteiger partial charge in [0.05, 0.1) is 5.69 Å². The maximum Gasteiger partial charge on any atom is 0.0543 e. The number of thioether (sulfide) groups is 1. The molecule has 2 atom stereocenters. The Hall–Kier alpha value is -0.670. The van der Waals surface area contributed by atoms with Gasteiger partial charge < -0.3 is 10.2 Å². The highest BCUT2D eigenvalue weighted by molar-refractivity contribution is 7.99. The second-order valence-electron chi connectivity index (χ2n) is 5.26. The van der Waals surface area contributed by atoms with Gasteiger partial charge in [0.1, 0.15) is 0 Å². The van der Waals surface area contributed by atoms with Crippen LogP contribution in [0.1, 0.15) is 24.3 Å². The van der Waals surface area contributed by atoms with Gasteiger partial charge in [0, 0.05) is 29.9 Å². The maximum atomic E-state index is 3.56. The van der Waals surface area contributed by atoms with Gasteiger partial charge in [0.2, 0.25) is 0 Å². The van der Waals surface area contributed by atoms with E-state index in [0.29, 0.717) is 0 Å². The van der Waals surface area contributed by atoms with Gasteiger partial charge in [-0.1, -0.05) is 12.1 Å². The number of piperidine rings is 1. The van der Waals surface area contributed by atoms with E-state index >= 15 is 0 Å². The summed E-state index contributed by atoms with van der Waals surface area (Å²) in [5.41, 5.74) is 3.18. The highest BCUT2D eigenvalue weighted by Crippen LogP contribution is 2.49. The minimum absolute atomic E-state index is 0.734. The molecule has 1 N–H and O–H groups in total. The molecular weight excluding hydrogens is 228 g/mol. The van der Waals surface area contributed by atoms with Crippen LogP contribution in [-0.2, 0) is 0 Å². The average molecular weight is 246 g/mol. The van der Waals surface area contributed by atoms with Crippen LogP contribution in [0.25, 0.3) is 0 Å². The summed E-state index contributed by atoms with van der Waals surface area (Å²) in [6.45, 7) is 3.62. The molecule has 4 rings (SSSR count). The van der Waals surface area contributed by atoms with Gasteiger partial charge in [-0.25, -0.2) is 0 Å². The Morgan fingerprint density at radius 3 is 3.35 bits per heavy atom. The third kappa shape index (κ3) is 1.45. The molecule has 0 unspecified atom stereocenters. The number of hydrogen-bond donors (Lipinski definition) is 1. The summed E-state index contributed by atoms with van der Waals surface area (Å²) in [5.74, 6) is 2.01. The summed E-state index contributed by atoms with van der Waals surface area (Å²) in [4.78, 5) is 4.24. The number of hydrogen-bond acceptors (Lipinski definition) is 3. The highest BCUT2D eigenvalue weighted by Gasteiger charge is 2.41. The minimum atomic E-state index is 0.734. The van der Waals surface area contributed by atoms with Crippen LogP contribution >= 0.6 is 11.8 Å². The molecule has 1 aromatic rings. The third-order valence-electron chi connectivity index (χ3n) is 4.36. The van der Waals surface area contributed by atoms with Crippen molar-refractivity contribution in [1.82, 2.24) is 5.32 Å². The molecule has 1 saturated heterocycles. The van der Waals surface area contributed by atoms with E-state index in [1.807, 2.05) is 0 Å². The van der Waals surface area contributed by atoms with Crippen molar-refractivity contribution < 1.29 is 0 Å². The molecular formula is C14H18N2S. The van der Waals surface area contributed by atoms with Crippen LogP contribution in [-0.4, -0.2) is 31.4 Å². The normalized spacial score (nSPS) is 30.7. The third-order valence-corrected chi connectivity index (χ3v) is 5.50. The Morgan fingerprint density at radius 1 is 1.35 bits per heavy atom. The van der Waals surface area contributed by atoms with E-state index in [-0.39, 0.29) is 0 Å². The van der Waals surface area contributed by atoms with Crippen molar-refractivity contribution in [3.63, 3.8) is 0 Å². The number of rotatable bonds is 0. The number of fused-ring (bicyclic) bond motifs is 3. The van der Waals surface area contributed by atoms with E-state index in [9.17, 15) is 0 Å². The first kappa shape index (κ1) is 10.3. The molecule has 90 valence electrons. The molecule has 1 aromatic carbocycles. The van der Waals surface area contributed by atoms with Gasteiger partial charge in [-0.05, 0) is 36.8 Å². The van der Waals surface area contributed by atoms with Gasteiger partial charge in [0.15, 0.2) is 0 Å². The summed E-state index contributed by atoms with van der Waals surface area (Å²) in [7, 11) is 0. The molecule has 0 bridgehead atoms. The predicted octanol–water partition coefficient (Wildman–Crippen LogP) is 2.45. The lowest BCUT2D eigenvalue weighted by atomic mass is 9.90. The lowest BCUT2D eigenvalue weighted by Crippen LogP contribution is -2.44. The second kappa shape index (κ2) is 3.92. The summed E-state index contributed by atoms with van der Waals surface area (Å²) >= 11 is 2.05. The van der Waals surface area contributed by atoms with Crippen LogP contribution in [0.5, 0.6) is 0 Å². The van der Waals surface area contributed by atoms with Crippen LogP contribution in [0, 0.1) is 0 Å². The predicted molar refractivity (Wildman–Crippen MR) is 73.1 cm³/mol. The van der Waals surface area contributed by atoms with Crippen molar-refractivity contribution in [3.8, 4) is 0 Å². The second-order valence-corrected chi connectivity index (χ2v) is 6.39. The molecule has 0 aliphatic carbocycles. The lowest BCUT2D eigenvalue weighted by Gasteiger charge is -2.33. The Bertz CT molecular complexity index is 446. The van der Waals surface area contributed by atoms with Crippen LogP contribution < -0.4 is 10.2 Å². The first-order valence-corrected chi connectivity index (χ1v) is 7.67. The molecule has 2 nitrogen and oxygen atoms in total. The van der Waals surface area contributed by atoms with E-state index in [0.717, 1.165) is 12.0 Å². The van der Waals surface area contributed by atoms with Gasteiger partial charge in [-0.3, -0.25) is 0 Å². The van der Waals surface area contributed by atoms with E-state index in [4.69, 9.17) is 0 Å². The monoisotopic (exact) mass is 246 g/mol. The first-order valence-electron chi connectivity index (χ1n) is 6.68. The Morgan fingerprint density at radius 2 is 2.35 bits per heavy atom. The van der Waals surface area contributed by atoms with Crippen LogP contribution in [0.2, 0.25) is 0 Å². The van der Waals surface area contributed by atoms with E-state index in [1.165, 1.54) is 43.1 Å². The summed E-state index contributed by atoms with van der Waals surface area (Å²) in [5, 5.41) is 3.56. The van der Waals surface area contributed by atoms with Crippen molar-refractivity contribution in [2.24, 2.45) is 0 Å². The van der Waals surface area contributed by atoms with E-state index in [2.05, 4.69) is 40.2 Å². The van der Waals surface area contributed by atoms with Crippen LogP contribution in [0.4, 0.5) is 5.69 Å². The Kier molecular flexibility index (Phi) is 2.37. The number of nitrogens with one attached hydrogen (secondary N) is 1. The smallest absolute Gasteiger partial charge is 0.0543 e. The SMILES string of the molecule is c1cc2c3c(c1)[C@@H]1CNCC[C@H]1N3CCCS2. The zero-order chi connectivity index (χ0) is 11.2. The number of anilines is 1. The van der Waals surface area contributed by atoms with Crippen molar-refractivity contribution >= 4 is 17.4 Å². The fraction of sp³-hybridized carbons (Fsp3) is 0.571. The molecule has 0 spiro atoms. The molecule has 3 aliphatic rings. The molecule has 1 fully saturated rings. The van der Waals surface area contributed by atoms with E-state index < -0.39 is 0 Å². The number of benzene rings is 1. The molecule has 0 saturated carbocycles. The molecule has 0 aromatic heterocycles. The zero-order valence-corrected chi connectivity index (χ0v) is 10.8. The van der Waals surface area contributed by atoms with Crippen molar-refractivity contribution in [1.29, 1.82) is 0 Å². The van der Waals surface area contributed by atoms with Gasteiger partial charge in [-0.2, -0.15) is 0 Å². The Balaban J connectivity index is 1.87. The van der Waals surface area contributed by atoms with Crippen molar-refractivity contribution in [3.05, 3.63) is 23.8 Å². The van der Waals surface area contributed by atoms with Gasteiger partial charge >= 0.3 is 0 Å². The van der Waals surface area contributed by atoms with Crippen LogP contribution in [0.3, 0.4) is 0 Å². The minimum Gasteiger partial charge on any atom is -0.367 e. The topological polar surface area (TPSA) is 15.3 Å². The quantitative estimate of drug-likeness (QED) is 0.757. The van der Waals surface area contributed by atoms with Gasteiger partial charge in [-0.15, -0.1) is 11.8 Å². The lowest BCUT2D eigenvalue weighted by molar-refractivity contribution is 0.403.